The van der Waals surface area contributed by atoms with E-state index in [0.717, 1.165) is 5.56 Å². The van der Waals surface area contributed by atoms with Gasteiger partial charge in [0.15, 0.2) is 0 Å². The third-order valence-corrected chi connectivity index (χ3v) is 2.68. The van der Waals surface area contributed by atoms with Crippen molar-refractivity contribution in [2.24, 2.45) is 0 Å². The minimum absolute atomic E-state index is 0.282. The monoisotopic (exact) mass is 262 g/mol. The molecule has 0 radical (unpaired) electrons. The van der Waals surface area contributed by atoms with Crippen molar-refractivity contribution in [3.63, 3.8) is 0 Å². The van der Waals surface area contributed by atoms with Crippen molar-refractivity contribution in [3.05, 3.63) is 41.5 Å². The van der Waals surface area contributed by atoms with Crippen LogP contribution in [0.25, 0.3) is 0 Å². The Labute approximate surface area is 110 Å². The van der Waals surface area contributed by atoms with Gasteiger partial charge in [-0.15, -0.1) is 0 Å². The Morgan fingerprint density at radius 3 is 2.84 bits per heavy atom. The summed E-state index contributed by atoms with van der Waals surface area (Å²) in [5.74, 6) is -0.797. The molecule has 0 aliphatic carbocycles. The van der Waals surface area contributed by atoms with Crippen molar-refractivity contribution < 1.29 is 9.18 Å². The Kier molecular flexibility index (Phi) is 3.50. The molecule has 5 nitrogen and oxygen atoms in total. The number of halogens is 1. The van der Waals surface area contributed by atoms with E-state index >= 15 is 0 Å². The molecule has 6 heteroatoms. The summed E-state index contributed by atoms with van der Waals surface area (Å²) in [6, 6.07) is 4.33. The van der Waals surface area contributed by atoms with Crippen LogP contribution < -0.4 is 11.1 Å². The van der Waals surface area contributed by atoms with Crippen molar-refractivity contribution in [1.82, 2.24) is 9.78 Å². The summed E-state index contributed by atoms with van der Waals surface area (Å²) in [6.45, 7) is 4.14. The van der Waals surface area contributed by atoms with Crippen molar-refractivity contribution in [3.8, 4) is 0 Å². The Hall–Kier alpha value is -2.37. The number of nitrogens with two attached hydrogens (primary N) is 1. The van der Waals surface area contributed by atoms with Crippen LogP contribution in [0.3, 0.4) is 0 Å². The summed E-state index contributed by atoms with van der Waals surface area (Å²) >= 11 is 0. The molecule has 0 saturated carbocycles. The van der Waals surface area contributed by atoms with Crippen LogP contribution in [0, 0.1) is 12.7 Å². The molecular weight excluding hydrogens is 247 g/mol. The average Bonchev–Trinajstić information content (AvgIpc) is 2.68. The zero-order chi connectivity index (χ0) is 14.0. The van der Waals surface area contributed by atoms with Gasteiger partial charge in [0.1, 0.15) is 11.5 Å². The van der Waals surface area contributed by atoms with Gasteiger partial charge < -0.3 is 11.1 Å². The SMILES string of the molecule is CCn1ncc(N)c1C(=O)Nc1cc(C)cc(F)c1. The van der Waals surface area contributed by atoms with E-state index in [2.05, 4.69) is 10.4 Å². The molecule has 0 unspecified atom stereocenters. The van der Waals surface area contributed by atoms with E-state index in [9.17, 15) is 9.18 Å². The largest absolute Gasteiger partial charge is 0.396 e. The van der Waals surface area contributed by atoms with E-state index in [1.54, 1.807) is 13.0 Å². The molecule has 1 aromatic carbocycles. The number of benzene rings is 1. The molecule has 0 aliphatic rings. The van der Waals surface area contributed by atoms with Gasteiger partial charge >= 0.3 is 0 Å². The maximum absolute atomic E-state index is 13.3. The van der Waals surface area contributed by atoms with Crippen molar-refractivity contribution in [2.45, 2.75) is 20.4 Å². The molecule has 1 amide bonds. The number of amides is 1. The summed E-state index contributed by atoms with van der Waals surface area (Å²) in [5.41, 5.74) is 7.42. The molecular formula is C13H15FN4O. The van der Waals surface area contributed by atoms with Gasteiger partial charge in [0.25, 0.3) is 5.91 Å². The van der Waals surface area contributed by atoms with Gasteiger partial charge in [0.2, 0.25) is 0 Å². The number of carbonyl (C=O) groups excluding carboxylic acids is 1. The highest BCUT2D eigenvalue weighted by atomic mass is 19.1. The van der Waals surface area contributed by atoms with Crippen molar-refractivity contribution in [2.75, 3.05) is 11.1 Å². The second kappa shape index (κ2) is 5.09. The van der Waals surface area contributed by atoms with Crippen LogP contribution in [0.15, 0.2) is 24.4 Å². The quantitative estimate of drug-likeness (QED) is 0.890. The maximum Gasteiger partial charge on any atom is 0.276 e. The average molecular weight is 262 g/mol. The van der Waals surface area contributed by atoms with Crippen LogP contribution in [0.2, 0.25) is 0 Å². The van der Waals surface area contributed by atoms with Crippen LogP contribution in [-0.2, 0) is 6.54 Å². The molecule has 2 aromatic rings. The molecule has 0 saturated heterocycles. The third kappa shape index (κ3) is 2.73. The van der Waals surface area contributed by atoms with Gasteiger partial charge in [-0.2, -0.15) is 5.10 Å². The van der Waals surface area contributed by atoms with Crippen LogP contribution in [-0.4, -0.2) is 15.7 Å². The summed E-state index contributed by atoms with van der Waals surface area (Å²) in [7, 11) is 0. The molecule has 0 atom stereocenters. The molecule has 100 valence electrons. The second-order valence-electron chi connectivity index (χ2n) is 4.24. The predicted molar refractivity (Wildman–Crippen MR) is 71.4 cm³/mol. The van der Waals surface area contributed by atoms with Gasteiger partial charge in [-0.05, 0) is 37.6 Å². The standard InChI is InChI=1S/C13H15FN4O/c1-3-18-12(11(15)7-16-18)13(19)17-10-5-8(2)4-9(14)6-10/h4-7H,3,15H2,1-2H3,(H,17,19). The molecule has 0 spiro atoms. The first-order valence-corrected chi connectivity index (χ1v) is 5.91. The fraction of sp³-hybridized carbons (Fsp3) is 0.231. The lowest BCUT2D eigenvalue weighted by Gasteiger charge is -2.08. The number of nitrogens with zero attached hydrogens (tertiary/aromatic N) is 2. The van der Waals surface area contributed by atoms with Crippen LogP contribution in [0.4, 0.5) is 15.8 Å². The lowest BCUT2D eigenvalue weighted by molar-refractivity contribution is 0.101. The predicted octanol–water partition coefficient (Wildman–Crippen LogP) is 2.19. The third-order valence-electron chi connectivity index (χ3n) is 2.68. The van der Waals surface area contributed by atoms with Gasteiger partial charge in [-0.25, -0.2) is 4.39 Å². The Morgan fingerprint density at radius 2 is 2.21 bits per heavy atom. The molecule has 0 aliphatic heterocycles. The number of anilines is 2. The smallest absolute Gasteiger partial charge is 0.276 e. The molecule has 3 N–H and O–H groups in total. The first kappa shape index (κ1) is 13.1. The van der Waals surface area contributed by atoms with Crippen molar-refractivity contribution >= 4 is 17.3 Å². The zero-order valence-electron chi connectivity index (χ0n) is 10.8. The number of nitrogen functional groups attached to an aromatic ring is 1. The van der Waals surface area contributed by atoms with Gasteiger partial charge in [-0.1, -0.05) is 0 Å². The number of hydrogen-bond acceptors (Lipinski definition) is 3. The van der Waals surface area contributed by atoms with Gasteiger partial charge in [0, 0.05) is 12.2 Å². The summed E-state index contributed by atoms with van der Waals surface area (Å²) in [5, 5.41) is 6.61. The molecule has 0 fully saturated rings. The second-order valence-corrected chi connectivity index (χ2v) is 4.24. The van der Waals surface area contributed by atoms with E-state index in [0.29, 0.717) is 17.9 Å². The van der Waals surface area contributed by atoms with E-state index in [4.69, 9.17) is 5.73 Å². The normalized spacial score (nSPS) is 10.5. The topological polar surface area (TPSA) is 72.9 Å². The number of hydrogen-bond donors (Lipinski definition) is 2. The summed E-state index contributed by atoms with van der Waals surface area (Å²) < 4.78 is 14.7. The number of carbonyl (C=O) groups is 1. The summed E-state index contributed by atoms with van der Waals surface area (Å²) in [4.78, 5) is 12.1. The molecule has 2 rings (SSSR count). The highest BCUT2D eigenvalue weighted by molar-refractivity contribution is 6.06. The lowest BCUT2D eigenvalue weighted by atomic mass is 10.2. The highest BCUT2D eigenvalue weighted by Crippen LogP contribution is 2.17. The zero-order valence-corrected chi connectivity index (χ0v) is 10.8. The Bertz CT molecular complexity index is 601. The number of aryl methyl sites for hydroxylation is 2. The van der Waals surface area contributed by atoms with Crippen LogP contribution in [0.1, 0.15) is 23.0 Å². The highest BCUT2D eigenvalue weighted by Gasteiger charge is 2.16. The number of rotatable bonds is 3. The van der Waals surface area contributed by atoms with Crippen LogP contribution in [0.5, 0.6) is 0 Å². The Morgan fingerprint density at radius 1 is 1.47 bits per heavy atom. The van der Waals surface area contributed by atoms with Gasteiger partial charge in [0.05, 0.1) is 11.9 Å². The minimum atomic E-state index is -0.401. The lowest BCUT2D eigenvalue weighted by Crippen LogP contribution is -2.19. The minimum Gasteiger partial charge on any atom is -0.396 e. The number of aromatic nitrogens is 2. The summed E-state index contributed by atoms with van der Waals surface area (Å²) in [6.07, 6.45) is 1.43. The van der Waals surface area contributed by atoms with E-state index in [1.807, 2.05) is 6.92 Å². The molecule has 0 bridgehead atoms. The molecule has 1 heterocycles. The molecule has 19 heavy (non-hydrogen) atoms. The Balaban J connectivity index is 2.28. The number of nitrogens with one attached hydrogen (secondary N) is 1. The fourth-order valence-electron chi connectivity index (χ4n) is 1.89. The first-order valence-electron chi connectivity index (χ1n) is 5.91. The molecule has 1 aromatic heterocycles. The fourth-order valence-corrected chi connectivity index (χ4v) is 1.89. The van der Waals surface area contributed by atoms with E-state index in [-0.39, 0.29) is 5.69 Å². The van der Waals surface area contributed by atoms with Crippen LogP contribution >= 0.6 is 0 Å². The first-order chi connectivity index (χ1) is 9.01. The van der Waals surface area contributed by atoms with Crippen molar-refractivity contribution in [1.29, 1.82) is 0 Å². The maximum atomic E-state index is 13.3. The van der Waals surface area contributed by atoms with Gasteiger partial charge in [-0.3, -0.25) is 9.48 Å². The van der Waals surface area contributed by atoms with E-state index < -0.39 is 11.7 Å². The van der Waals surface area contributed by atoms with E-state index in [1.165, 1.54) is 23.0 Å².